The first-order chi connectivity index (χ1) is 9.19. The standard InChI is InChI=1S/C16H26N2O2/c1-12(2)18(15(19)11-20-16(3,4)5)10-13-7-6-8-14(17)9-13/h6-9,12H,10-11,17H2,1-5H3. The van der Waals surface area contributed by atoms with Crippen molar-refractivity contribution in [2.24, 2.45) is 0 Å². The van der Waals surface area contributed by atoms with Gasteiger partial charge in [0.15, 0.2) is 0 Å². The van der Waals surface area contributed by atoms with Crippen molar-refractivity contribution >= 4 is 11.6 Å². The molecule has 0 aliphatic heterocycles. The number of rotatable bonds is 5. The molecule has 2 N–H and O–H groups in total. The molecule has 0 heterocycles. The van der Waals surface area contributed by atoms with Crippen LogP contribution in [0.15, 0.2) is 24.3 Å². The van der Waals surface area contributed by atoms with Crippen LogP contribution in [-0.2, 0) is 16.1 Å². The Bertz CT molecular complexity index is 450. The summed E-state index contributed by atoms with van der Waals surface area (Å²) >= 11 is 0. The van der Waals surface area contributed by atoms with Crippen LogP contribution in [0.5, 0.6) is 0 Å². The third kappa shape index (κ3) is 5.61. The summed E-state index contributed by atoms with van der Waals surface area (Å²) in [6.45, 7) is 10.5. The van der Waals surface area contributed by atoms with Crippen LogP contribution in [0.25, 0.3) is 0 Å². The van der Waals surface area contributed by atoms with E-state index >= 15 is 0 Å². The Hall–Kier alpha value is -1.55. The smallest absolute Gasteiger partial charge is 0.249 e. The van der Waals surface area contributed by atoms with E-state index in [-0.39, 0.29) is 24.2 Å². The van der Waals surface area contributed by atoms with Gasteiger partial charge in [0, 0.05) is 18.3 Å². The Labute approximate surface area is 121 Å². The zero-order valence-corrected chi connectivity index (χ0v) is 13.1. The highest BCUT2D eigenvalue weighted by molar-refractivity contribution is 5.77. The molecule has 0 fully saturated rings. The van der Waals surface area contributed by atoms with E-state index in [2.05, 4.69) is 0 Å². The largest absolute Gasteiger partial charge is 0.399 e. The van der Waals surface area contributed by atoms with Crippen molar-refractivity contribution in [3.05, 3.63) is 29.8 Å². The number of ether oxygens (including phenoxy) is 1. The van der Waals surface area contributed by atoms with Crippen molar-refractivity contribution in [3.8, 4) is 0 Å². The fourth-order valence-corrected chi connectivity index (χ4v) is 1.81. The molecule has 0 spiro atoms. The van der Waals surface area contributed by atoms with Crippen LogP contribution >= 0.6 is 0 Å². The second kappa shape index (κ2) is 6.75. The van der Waals surface area contributed by atoms with Crippen LogP contribution in [0.3, 0.4) is 0 Å². The second-order valence-corrected chi connectivity index (χ2v) is 6.26. The van der Waals surface area contributed by atoms with Gasteiger partial charge in [-0.2, -0.15) is 0 Å². The summed E-state index contributed by atoms with van der Waals surface area (Å²) < 4.78 is 5.57. The number of nitrogens with two attached hydrogens (primary N) is 1. The quantitative estimate of drug-likeness (QED) is 0.843. The van der Waals surface area contributed by atoms with Gasteiger partial charge in [-0.25, -0.2) is 0 Å². The fourth-order valence-electron chi connectivity index (χ4n) is 1.81. The molecular formula is C16H26N2O2. The predicted molar refractivity (Wildman–Crippen MR) is 82.2 cm³/mol. The Morgan fingerprint density at radius 2 is 2.00 bits per heavy atom. The molecule has 0 unspecified atom stereocenters. The number of nitrogen functional groups attached to an aromatic ring is 1. The molecule has 1 aromatic rings. The summed E-state index contributed by atoms with van der Waals surface area (Å²) in [5, 5.41) is 0. The molecule has 0 aliphatic rings. The molecule has 0 saturated heterocycles. The normalized spacial score (nSPS) is 11.7. The molecule has 0 bridgehead atoms. The number of benzene rings is 1. The third-order valence-electron chi connectivity index (χ3n) is 2.88. The van der Waals surface area contributed by atoms with Crippen LogP contribution in [0.1, 0.15) is 40.2 Å². The van der Waals surface area contributed by atoms with E-state index < -0.39 is 0 Å². The molecule has 1 aromatic carbocycles. The third-order valence-corrected chi connectivity index (χ3v) is 2.88. The maximum Gasteiger partial charge on any atom is 0.249 e. The minimum absolute atomic E-state index is 0.00245. The molecule has 1 rings (SSSR count). The van der Waals surface area contributed by atoms with E-state index in [0.29, 0.717) is 12.2 Å². The van der Waals surface area contributed by atoms with Gasteiger partial charge < -0.3 is 15.4 Å². The minimum Gasteiger partial charge on any atom is -0.399 e. The number of carbonyl (C=O) groups excluding carboxylic acids is 1. The van der Waals surface area contributed by atoms with Crippen molar-refractivity contribution < 1.29 is 9.53 Å². The Balaban J connectivity index is 2.72. The van der Waals surface area contributed by atoms with E-state index in [1.165, 1.54) is 0 Å². The van der Waals surface area contributed by atoms with Crippen LogP contribution in [0.2, 0.25) is 0 Å². The Morgan fingerprint density at radius 3 is 2.50 bits per heavy atom. The molecule has 0 saturated carbocycles. The number of anilines is 1. The van der Waals surface area contributed by atoms with Crippen molar-refractivity contribution in [2.45, 2.75) is 52.8 Å². The Kier molecular flexibility index (Phi) is 5.57. The number of carbonyl (C=O) groups is 1. The zero-order valence-electron chi connectivity index (χ0n) is 13.1. The first kappa shape index (κ1) is 16.5. The van der Waals surface area contributed by atoms with Gasteiger partial charge in [0.1, 0.15) is 6.61 Å². The van der Waals surface area contributed by atoms with Crippen LogP contribution in [0.4, 0.5) is 5.69 Å². The van der Waals surface area contributed by atoms with Crippen LogP contribution in [-0.4, -0.2) is 29.1 Å². The maximum absolute atomic E-state index is 12.3. The van der Waals surface area contributed by atoms with E-state index in [4.69, 9.17) is 10.5 Å². The number of hydrogen-bond acceptors (Lipinski definition) is 3. The summed E-state index contributed by atoms with van der Waals surface area (Å²) in [4.78, 5) is 14.1. The monoisotopic (exact) mass is 278 g/mol. The lowest BCUT2D eigenvalue weighted by Gasteiger charge is -2.29. The summed E-state index contributed by atoms with van der Waals surface area (Å²) in [6.07, 6.45) is 0. The molecule has 1 amide bonds. The lowest BCUT2D eigenvalue weighted by atomic mass is 10.1. The van der Waals surface area contributed by atoms with Gasteiger partial charge in [-0.1, -0.05) is 12.1 Å². The van der Waals surface area contributed by atoms with E-state index in [1.54, 1.807) is 4.90 Å². The fraction of sp³-hybridized carbons (Fsp3) is 0.562. The molecule has 0 radical (unpaired) electrons. The minimum atomic E-state index is -0.310. The van der Waals surface area contributed by atoms with Crippen LogP contribution in [0, 0.1) is 0 Å². The maximum atomic E-state index is 12.3. The lowest BCUT2D eigenvalue weighted by Crippen LogP contribution is -2.40. The van der Waals surface area contributed by atoms with Crippen molar-refractivity contribution in [1.29, 1.82) is 0 Å². The van der Waals surface area contributed by atoms with Crippen molar-refractivity contribution in [3.63, 3.8) is 0 Å². The predicted octanol–water partition coefficient (Wildman–Crippen LogP) is 2.82. The molecule has 0 aromatic heterocycles. The zero-order chi connectivity index (χ0) is 15.3. The highest BCUT2D eigenvalue weighted by Gasteiger charge is 2.20. The van der Waals surface area contributed by atoms with Gasteiger partial charge in [-0.05, 0) is 52.3 Å². The highest BCUT2D eigenvalue weighted by Crippen LogP contribution is 2.13. The molecule has 0 atom stereocenters. The first-order valence-corrected chi connectivity index (χ1v) is 6.97. The molecule has 112 valence electrons. The number of amides is 1. The summed E-state index contributed by atoms with van der Waals surface area (Å²) in [7, 11) is 0. The van der Waals surface area contributed by atoms with Gasteiger partial charge in [0.2, 0.25) is 5.91 Å². The Morgan fingerprint density at radius 1 is 1.35 bits per heavy atom. The average Bonchev–Trinajstić information content (AvgIpc) is 2.32. The highest BCUT2D eigenvalue weighted by atomic mass is 16.5. The van der Waals surface area contributed by atoms with E-state index in [9.17, 15) is 4.79 Å². The molecule has 4 heteroatoms. The number of nitrogens with zero attached hydrogens (tertiary/aromatic N) is 1. The van der Waals surface area contributed by atoms with Crippen LogP contribution < -0.4 is 5.73 Å². The van der Waals surface area contributed by atoms with Gasteiger partial charge in [0.05, 0.1) is 5.60 Å². The summed E-state index contributed by atoms with van der Waals surface area (Å²) in [5.74, 6) is -0.00245. The lowest BCUT2D eigenvalue weighted by molar-refractivity contribution is -0.143. The summed E-state index contributed by atoms with van der Waals surface area (Å²) in [6, 6.07) is 7.73. The summed E-state index contributed by atoms with van der Waals surface area (Å²) in [5.41, 5.74) is 7.21. The average molecular weight is 278 g/mol. The van der Waals surface area contributed by atoms with Crippen molar-refractivity contribution in [1.82, 2.24) is 4.90 Å². The first-order valence-electron chi connectivity index (χ1n) is 6.97. The van der Waals surface area contributed by atoms with Gasteiger partial charge in [-0.15, -0.1) is 0 Å². The van der Waals surface area contributed by atoms with Crippen molar-refractivity contribution in [2.75, 3.05) is 12.3 Å². The topological polar surface area (TPSA) is 55.6 Å². The van der Waals surface area contributed by atoms with Gasteiger partial charge in [-0.3, -0.25) is 4.79 Å². The van der Waals surface area contributed by atoms with E-state index in [1.807, 2.05) is 58.9 Å². The van der Waals surface area contributed by atoms with Gasteiger partial charge in [0.25, 0.3) is 0 Å². The van der Waals surface area contributed by atoms with Gasteiger partial charge >= 0.3 is 0 Å². The number of hydrogen-bond donors (Lipinski definition) is 1. The second-order valence-electron chi connectivity index (χ2n) is 6.26. The molecule has 20 heavy (non-hydrogen) atoms. The van der Waals surface area contributed by atoms with E-state index in [0.717, 1.165) is 5.56 Å². The SMILES string of the molecule is CC(C)N(Cc1cccc(N)c1)C(=O)COC(C)(C)C. The molecule has 0 aliphatic carbocycles. The molecular weight excluding hydrogens is 252 g/mol. The molecule has 4 nitrogen and oxygen atoms in total.